The van der Waals surface area contributed by atoms with Gasteiger partial charge >= 0.3 is 0 Å². The Morgan fingerprint density at radius 1 is 1.45 bits per heavy atom. The highest BCUT2D eigenvalue weighted by Crippen LogP contribution is 2.21. The third-order valence-electron chi connectivity index (χ3n) is 3.85. The van der Waals surface area contributed by atoms with Gasteiger partial charge in [-0.2, -0.15) is 0 Å². The number of rotatable bonds is 3. The van der Waals surface area contributed by atoms with E-state index in [9.17, 15) is 13.6 Å². The molecule has 1 aromatic rings. The van der Waals surface area contributed by atoms with E-state index in [1.165, 1.54) is 12.1 Å². The molecule has 0 spiro atoms. The van der Waals surface area contributed by atoms with Gasteiger partial charge in [-0.15, -0.1) is 0 Å². The Kier molecular flexibility index (Phi) is 4.70. The summed E-state index contributed by atoms with van der Waals surface area (Å²) in [5, 5.41) is 0. The molecule has 2 atom stereocenters. The summed E-state index contributed by atoms with van der Waals surface area (Å²) in [4.78, 5) is 14.0. The van der Waals surface area contributed by atoms with Crippen LogP contribution in [0, 0.1) is 11.6 Å². The molecule has 5 heteroatoms. The number of hydrogen-bond donors (Lipinski definition) is 1. The zero-order valence-corrected chi connectivity index (χ0v) is 11.6. The molecule has 1 saturated heterocycles. The molecule has 0 aliphatic carbocycles. The van der Waals surface area contributed by atoms with Crippen molar-refractivity contribution < 1.29 is 13.6 Å². The fraction of sp³-hybridized carbons (Fsp3) is 0.533. The second-order valence-electron chi connectivity index (χ2n) is 5.40. The number of nitrogens with zero attached hydrogens (tertiary/aromatic N) is 1. The number of hydrogen-bond acceptors (Lipinski definition) is 2. The first-order chi connectivity index (χ1) is 9.50. The highest BCUT2D eigenvalue weighted by molar-refractivity contribution is 5.79. The summed E-state index contributed by atoms with van der Waals surface area (Å²) in [5.74, 6) is -2.04. The van der Waals surface area contributed by atoms with Crippen molar-refractivity contribution in [2.45, 2.75) is 44.7 Å². The minimum Gasteiger partial charge on any atom is -0.338 e. The summed E-state index contributed by atoms with van der Waals surface area (Å²) < 4.78 is 26.8. The van der Waals surface area contributed by atoms with Gasteiger partial charge in [-0.1, -0.05) is 12.1 Å². The Bertz CT molecular complexity index is 491. The van der Waals surface area contributed by atoms with Crippen molar-refractivity contribution in [3.05, 3.63) is 35.4 Å². The van der Waals surface area contributed by atoms with Crippen LogP contribution in [0.2, 0.25) is 0 Å². The van der Waals surface area contributed by atoms with Crippen LogP contribution in [0.5, 0.6) is 0 Å². The number of benzene rings is 1. The average Bonchev–Trinajstić information content (AvgIpc) is 2.43. The first-order valence-electron chi connectivity index (χ1n) is 6.98. The Morgan fingerprint density at radius 3 is 2.90 bits per heavy atom. The minimum absolute atomic E-state index is 0.00660. The number of carbonyl (C=O) groups is 1. The molecule has 0 unspecified atom stereocenters. The fourth-order valence-corrected chi connectivity index (χ4v) is 2.76. The maximum absolute atomic E-state index is 13.6. The number of halogens is 2. The normalized spacial score (nSPS) is 20.8. The molecule has 2 rings (SSSR count). The monoisotopic (exact) mass is 282 g/mol. The van der Waals surface area contributed by atoms with Crippen molar-refractivity contribution >= 4 is 5.91 Å². The van der Waals surface area contributed by atoms with Crippen LogP contribution in [0.25, 0.3) is 0 Å². The molecular formula is C15H20F2N2O. The molecule has 110 valence electrons. The van der Waals surface area contributed by atoms with Gasteiger partial charge in [-0.05, 0) is 32.3 Å². The van der Waals surface area contributed by atoms with Crippen LogP contribution < -0.4 is 5.73 Å². The molecule has 1 amide bonds. The van der Waals surface area contributed by atoms with Gasteiger partial charge < -0.3 is 10.6 Å². The van der Waals surface area contributed by atoms with Crippen LogP contribution in [-0.2, 0) is 11.2 Å². The van der Waals surface area contributed by atoms with Crippen molar-refractivity contribution in [1.29, 1.82) is 0 Å². The molecule has 3 nitrogen and oxygen atoms in total. The highest BCUT2D eigenvalue weighted by Gasteiger charge is 2.29. The predicted octanol–water partition coefficient (Wildman–Crippen LogP) is 2.24. The maximum atomic E-state index is 13.6. The molecule has 1 heterocycles. The van der Waals surface area contributed by atoms with E-state index in [0.29, 0.717) is 6.54 Å². The second kappa shape index (κ2) is 6.31. The number of piperidine rings is 1. The van der Waals surface area contributed by atoms with Crippen molar-refractivity contribution in [3.8, 4) is 0 Å². The van der Waals surface area contributed by atoms with Gasteiger partial charge in [-0.3, -0.25) is 4.79 Å². The summed E-state index contributed by atoms with van der Waals surface area (Å²) in [7, 11) is 0. The summed E-state index contributed by atoms with van der Waals surface area (Å²) in [5.41, 5.74) is 6.02. The summed E-state index contributed by atoms with van der Waals surface area (Å²) in [6.45, 7) is 2.51. The SMILES string of the molecule is C[C@@H](N)[C@H]1CCCCN1C(=O)Cc1cccc(F)c1F. The molecule has 1 aliphatic rings. The number of nitrogens with two attached hydrogens (primary N) is 1. The van der Waals surface area contributed by atoms with Crippen molar-refractivity contribution in [2.24, 2.45) is 5.73 Å². The zero-order valence-electron chi connectivity index (χ0n) is 11.6. The van der Waals surface area contributed by atoms with Crippen molar-refractivity contribution in [2.75, 3.05) is 6.54 Å². The van der Waals surface area contributed by atoms with Gasteiger partial charge in [0.2, 0.25) is 5.91 Å². The van der Waals surface area contributed by atoms with Gasteiger partial charge in [0.25, 0.3) is 0 Å². The van der Waals surface area contributed by atoms with Crippen LogP contribution in [-0.4, -0.2) is 29.4 Å². The van der Waals surface area contributed by atoms with Crippen LogP contribution in [0.4, 0.5) is 8.78 Å². The minimum atomic E-state index is -0.935. The van der Waals surface area contributed by atoms with E-state index >= 15 is 0 Å². The molecule has 0 radical (unpaired) electrons. The van der Waals surface area contributed by atoms with E-state index in [1.807, 2.05) is 6.92 Å². The van der Waals surface area contributed by atoms with E-state index in [-0.39, 0.29) is 30.0 Å². The van der Waals surface area contributed by atoms with Gasteiger partial charge in [0, 0.05) is 24.2 Å². The topological polar surface area (TPSA) is 46.3 Å². The molecule has 2 N–H and O–H groups in total. The predicted molar refractivity (Wildman–Crippen MR) is 73.1 cm³/mol. The summed E-state index contributed by atoms with van der Waals surface area (Å²) >= 11 is 0. The zero-order chi connectivity index (χ0) is 14.7. The first-order valence-corrected chi connectivity index (χ1v) is 6.98. The Labute approximate surface area is 117 Å². The number of likely N-dealkylation sites (tertiary alicyclic amines) is 1. The van der Waals surface area contributed by atoms with Crippen LogP contribution in [0.3, 0.4) is 0 Å². The van der Waals surface area contributed by atoms with Crippen molar-refractivity contribution in [1.82, 2.24) is 4.90 Å². The van der Waals surface area contributed by atoms with E-state index in [0.717, 1.165) is 25.3 Å². The Morgan fingerprint density at radius 2 is 2.20 bits per heavy atom. The lowest BCUT2D eigenvalue weighted by molar-refractivity contribution is -0.134. The van der Waals surface area contributed by atoms with Crippen LogP contribution in [0.15, 0.2) is 18.2 Å². The Balaban J connectivity index is 2.12. The van der Waals surface area contributed by atoms with Gasteiger partial charge in [0.1, 0.15) is 0 Å². The molecule has 20 heavy (non-hydrogen) atoms. The Hall–Kier alpha value is -1.49. The van der Waals surface area contributed by atoms with E-state index < -0.39 is 11.6 Å². The smallest absolute Gasteiger partial charge is 0.227 e. The lowest BCUT2D eigenvalue weighted by Gasteiger charge is -2.38. The second-order valence-corrected chi connectivity index (χ2v) is 5.40. The summed E-state index contributed by atoms with van der Waals surface area (Å²) in [6, 6.07) is 3.79. The van der Waals surface area contributed by atoms with E-state index in [4.69, 9.17) is 5.73 Å². The van der Waals surface area contributed by atoms with Crippen LogP contribution in [0.1, 0.15) is 31.7 Å². The van der Waals surface area contributed by atoms with Gasteiger partial charge in [-0.25, -0.2) is 8.78 Å². The fourth-order valence-electron chi connectivity index (χ4n) is 2.76. The van der Waals surface area contributed by atoms with Crippen molar-refractivity contribution in [3.63, 3.8) is 0 Å². The van der Waals surface area contributed by atoms with Gasteiger partial charge in [0.05, 0.1) is 6.42 Å². The molecule has 0 aromatic heterocycles. The third-order valence-corrected chi connectivity index (χ3v) is 3.85. The standard InChI is InChI=1S/C15H20F2N2O/c1-10(18)13-7-2-3-8-19(13)14(20)9-11-5-4-6-12(16)15(11)17/h4-6,10,13H,2-3,7-9,18H2,1H3/t10-,13-/m1/s1. The molecule has 0 bridgehead atoms. The lowest BCUT2D eigenvalue weighted by Crippen LogP contribution is -2.52. The number of carbonyl (C=O) groups excluding carboxylic acids is 1. The molecule has 1 aromatic carbocycles. The number of amides is 1. The first kappa shape index (κ1) is 14.9. The third kappa shape index (κ3) is 3.15. The molecule has 0 saturated carbocycles. The quantitative estimate of drug-likeness (QED) is 0.924. The van der Waals surface area contributed by atoms with Gasteiger partial charge in [0.15, 0.2) is 11.6 Å². The van der Waals surface area contributed by atoms with E-state index in [1.54, 1.807) is 4.90 Å². The largest absolute Gasteiger partial charge is 0.338 e. The molecule has 1 aliphatic heterocycles. The molecular weight excluding hydrogens is 262 g/mol. The molecule has 1 fully saturated rings. The maximum Gasteiger partial charge on any atom is 0.227 e. The van der Waals surface area contributed by atoms with E-state index in [2.05, 4.69) is 0 Å². The van der Waals surface area contributed by atoms with Crippen LogP contribution >= 0.6 is 0 Å². The summed E-state index contributed by atoms with van der Waals surface area (Å²) in [6.07, 6.45) is 2.73. The average molecular weight is 282 g/mol. The highest BCUT2D eigenvalue weighted by atomic mass is 19.2. The lowest BCUT2D eigenvalue weighted by atomic mass is 9.96.